The maximum atomic E-state index is 10.3. The molecular weight excluding hydrogens is 172 g/mol. The van der Waals surface area contributed by atoms with E-state index >= 15 is 0 Å². The molecule has 0 unspecified atom stereocenters. The number of benzene rings is 1. The lowest BCUT2D eigenvalue weighted by atomic mass is 9.87. The second-order valence-electron chi connectivity index (χ2n) is 4.04. The molecule has 14 heavy (non-hydrogen) atoms. The lowest BCUT2D eigenvalue weighted by molar-refractivity contribution is 0.0283. The van der Waals surface area contributed by atoms with E-state index in [1.165, 1.54) is 11.1 Å². The molecule has 0 saturated heterocycles. The summed E-state index contributed by atoms with van der Waals surface area (Å²) < 4.78 is 0. The molecule has 0 radical (unpaired) electrons. The van der Waals surface area contributed by atoms with E-state index in [4.69, 9.17) is 0 Å². The molecule has 1 N–H and O–H groups in total. The van der Waals surface area contributed by atoms with Crippen LogP contribution in [-0.4, -0.2) is 5.11 Å². The molecule has 0 aliphatic heterocycles. The maximum Gasteiger partial charge on any atom is 0.0891 e. The highest BCUT2D eigenvalue weighted by Gasteiger charge is 2.24. The number of hydrogen-bond donors (Lipinski definition) is 1. The van der Waals surface area contributed by atoms with Gasteiger partial charge in [0.15, 0.2) is 0 Å². The Hall–Kier alpha value is -0.820. The van der Waals surface area contributed by atoms with Crippen molar-refractivity contribution in [2.45, 2.75) is 46.1 Å². The van der Waals surface area contributed by atoms with Crippen molar-refractivity contribution in [2.75, 3.05) is 0 Å². The highest BCUT2D eigenvalue weighted by molar-refractivity contribution is 5.33. The number of hydrogen-bond acceptors (Lipinski definition) is 1. The zero-order valence-corrected chi connectivity index (χ0v) is 9.59. The van der Waals surface area contributed by atoms with Crippen molar-refractivity contribution in [1.82, 2.24) is 0 Å². The average Bonchev–Trinajstić information content (AvgIpc) is 2.21. The first-order chi connectivity index (χ1) is 6.53. The van der Waals surface area contributed by atoms with E-state index in [9.17, 15) is 5.11 Å². The minimum Gasteiger partial charge on any atom is -0.385 e. The Labute approximate surface area is 86.8 Å². The van der Waals surface area contributed by atoms with Crippen molar-refractivity contribution in [3.05, 3.63) is 34.9 Å². The van der Waals surface area contributed by atoms with Gasteiger partial charge in [-0.15, -0.1) is 0 Å². The number of aliphatic hydroxyl groups is 1. The monoisotopic (exact) mass is 192 g/mol. The van der Waals surface area contributed by atoms with Gasteiger partial charge < -0.3 is 5.11 Å². The van der Waals surface area contributed by atoms with Crippen LogP contribution >= 0.6 is 0 Å². The molecule has 0 spiro atoms. The van der Waals surface area contributed by atoms with Gasteiger partial charge in [0.25, 0.3) is 0 Å². The van der Waals surface area contributed by atoms with Crippen molar-refractivity contribution >= 4 is 0 Å². The zero-order chi connectivity index (χ0) is 10.8. The van der Waals surface area contributed by atoms with Crippen molar-refractivity contribution < 1.29 is 5.11 Å². The lowest BCUT2D eigenvalue weighted by Crippen LogP contribution is -2.23. The molecule has 1 heteroatoms. The molecule has 78 valence electrons. The van der Waals surface area contributed by atoms with Gasteiger partial charge in [0.1, 0.15) is 0 Å². The molecule has 0 aromatic heterocycles. The Balaban J connectivity index is 3.12. The Morgan fingerprint density at radius 3 is 2.07 bits per heavy atom. The zero-order valence-electron chi connectivity index (χ0n) is 9.59. The fourth-order valence-corrected chi connectivity index (χ4v) is 1.69. The van der Waals surface area contributed by atoms with E-state index in [2.05, 4.69) is 26.0 Å². The topological polar surface area (TPSA) is 20.2 Å². The lowest BCUT2D eigenvalue weighted by Gasteiger charge is -2.26. The van der Waals surface area contributed by atoms with Crippen LogP contribution in [0.3, 0.4) is 0 Å². The molecule has 1 aromatic carbocycles. The third kappa shape index (κ3) is 1.98. The molecule has 0 heterocycles. The molecule has 0 amide bonds. The summed E-state index contributed by atoms with van der Waals surface area (Å²) in [5.74, 6) is 0. The molecule has 1 aromatic rings. The normalized spacial score (nSPS) is 11.8. The smallest absolute Gasteiger partial charge is 0.0891 e. The summed E-state index contributed by atoms with van der Waals surface area (Å²) in [4.78, 5) is 0. The maximum absolute atomic E-state index is 10.3. The predicted molar refractivity (Wildman–Crippen MR) is 60.4 cm³/mol. The second-order valence-corrected chi connectivity index (χ2v) is 4.04. The molecule has 0 fully saturated rings. The van der Waals surface area contributed by atoms with E-state index in [1.807, 2.05) is 19.9 Å². The fourth-order valence-electron chi connectivity index (χ4n) is 1.69. The van der Waals surface area contributed by atoms with Gasteiger partial charge in [-0.3, -0.25) is 0 Å². The summed E-state index contributed by atoms with van der Waals surface area (Å²) in [6.07, 6.45) is 1.54. The molecule has 0 aliphatic carbocycles. The molecule has 0 bridgehead atoms. The molecule has 1 nitrogen and oxygen atoms in total. The van der Waals surface area contributed by atoms with Gasteiger partial charge in [-0.1, -0.05) is 32.0 Å². The first-order valence-corrected chi connectivity index (χ1v) is 5.33. The van der Waals surface area contributed by atoms with Crippen molar-refractivity contribution in [3.8, 4) is 0 Å². The summed E-state index contributed by atoms with van der Waals surface area (Å²) in [7, 11) is 0. The average molecular weight is 192 g/mol. The van der Waals surface area contributed by atoms with Crippen molar-refractivity contribution in [1.29, 1.82) is 0 Å². The van der Waals surface area contributed by atoms with Gasteiger partial charge in [0.2, 0.25) is 0 Å². The highest BCUT2D eigenvalue weighted by atomic mass is 16.3. The molecule has 0 aliphatic rings. The van der Waals surface area contributed by atoms with Crippen LogP contribution in [0.4, 0.5) is 0 Å². The minimum atomic E-state index is -0.640. The van der Waals surface area contributed by atoms with Gasteiger partial charge in [-0.2, -0.15) is 0 Å². The van der Waals surface area contributed by atoms with Crippen molar-refractivity contribution in [2.24, 2.45) is 0 Å². The second kappa shape index (κ2) is 4.14. The van der Waals surface area contributed by atoms with Gasteiger partial charge in [0, 0.05) is 0 Å². The van der Waals surface area contributed by atoms with Crippen LogP contribution in [0.15, 0.2) is 18.2 Å². The molecule has 0 saturated carbocycles. The minimum absolute atomic E-state index is 0.640. The summed E-state index contributed by atoms with van der Waals surface area (Å²) in [5.41, 5.74) is 2.94. The Morgan fingerprint density at radius 2 is 1.64 bits per heavy atom. The van der Waals surface area contributed by atoms with Crippen LogP contribution in [0, 0.1) is 13.8 Å². The van der Waals surface area contributed by atoms with E-state index < -0.39 is 5.60 Å². The van der Waals surface area contributed by atoms with Crippen molar-refractivity contribution in [3.63, 3.8) is 0 Å². The van der Waals surface area contributed by atoms with Gasteiger partial charge in [-0.25, -0.2) is 0 Å². The third-order valence-corrected chi connectivity index (χ3v) is 3.21. The molecule has 1 rings (SSSR count). The van der Waals surface area contributed by atoms with E-state index in [1.54, 1.807) is 0 Å². The fraction of sp³-hybridized carbons (Fsp3) is 0.538. The largest absolute Gasteiger partial charge is 0.385 e. The Kier molecular flexibility index (Phi) is 3.33. The predicted octanol–water partition coefficient (Wildman–Crippen LogP) is 3.31. The van der Waals surface area contributed by atoms with Crippen LogP contribution in [0.25, 0.3) is 0 Å². The Bertz CT molecular complexity index is 311. The Morgan fingerprint density at radius 1 is 1.07 bits per heavy atom. The standard InChI is InChI=1S/C13H20O/c1-5-13(14,6-2)12-8-7-10(3)11(4)9-12/h7-9,14H,5-6H2,1-4H3. The first kappa shape index (κ1) is 11.3. The number of aryl methyl sites for hydroxylation is 2. The van der Waals surface area contributed by atoms with E-state index in [0.29, 0.717) is 0 Å². The van der Waals surface area contributed by atoms with E-state index in [-0.39, 0.29) is 0 Å². The van der Waals surface area contributed by atoms with Crippen LogP contribution in [0.1, 0.15) is 43.4 Å². The van der Waals surface area contributed by atoms with E-state index in [0.717, 1.165) is 18.4 Å². The summed E-state index contributed by atoms with van der Waals surface area (Å²) in [5, 5.41) is 10.3. The van der Waals surface area contributed by atoms with Gasteiger partial charge >= 0.3 is 0 Å². The number of rotatable bonds is 3. The van der Waals surface area contributed by atoms with Gasteiger partial charge in [0.05, 0.1) is 5.60 Å². The summed E-state index contributed by atoms with van der Waals surface area (Å²) in [6, 6.07) is 6.22. The molecule has 0 atom stereocenters. The summed E-state index contributed by atoms with van der Waals surface area (Å²) in [6.45, 7) is 8.23. The first-order valence-electron chi connectivity index (χ1n) is 5.33. The summed E-state index contributed by atoms with van der Waals surface area (Å²) >= 11 is 0. The third-order valence-electron chi connectivity index (χ3n) is 3.21. The van der Waals surface area contributed by atoms with Crippen LogP contribution in [0.2, 0.25) is 0 Å². The molecular formula is C13H20O. The SMILES string of the molecule is CCC(O)(CC)c1ccc(C)c(C)c1. The van der Waals surface area contributed by atoms with Gasteiger partial charge in [-0.05, 0) is 43.4 Å². The van der Waals surface area contributed by atoms with Crippen LogP contribution in [-0.2, 0) is 5.60 Å². The van der Waals surface area contributed by atoms with Crippen LogP contribution < -0.4 is 0 Å². The highest BCUT2D eigenvalue weighted by Crippen LogP contribution is 2.29. The quantitative estimate of drug-likeness (QED) is 0.779. The van der Waals surface area contributed by atoms with Crippen LogP contribution in [0.5, 0.6) is 0 Å².